The normalized spacial score (nSPS) is 28.5. The second-order valence-electron chi connectivity index (χ2n) is 7.63. The Morgan fingerprint density at radius 2 is 1.83 bits per heavy atom. The lowest BCUT2D eigenvalue weighted by Crippen LogP contribution is -2.48. The molecule has 2 aliphatic heterocycles. The molecule has 2 saturated heterocycles. The van der Waals surface area contributed by atoms with E-state index in [1.165, 1.54) is 38.5 Å². The molecule has 1 saturated carbocycles. The molecule has 5 heteroatoms. The van der Waals surface area contributed by atoms with Gasteiger partial charge in [-0.15, -0.1) is 0 Å². The Morgan fingerprint density at radius 1 is 1.00 bits per heavy atom. The molecule has 3 aliphatic rings. The molecule has 0 spiro atoms. The van der Waals surface area contributed by atoms with Gasteiger partial charge in [0.15, 0.2) is 0 Å². The minimum absolute atomic E-state index is 0.128. The van der Waals surface area contributed by atoms with Gasteiger partial charge in [-0.1, -0.05) is 12.8 Å². The molecule has 2 atom stereocenters. The number of likely N-dealkylation sites (tertiary alicyclic amines) is 1. The summed E-state index contributed by atoms with van der Waals surface area (Å²) in [5.74, 6) is 2.20. The van der Waals surface area contributed by atoms with Crippen molar-refractivity contribution in [1.29, 1.82) is 0 Å². The van der Waals surface area contributed by atoms with Crippen molar-refractivity contribution in [3.05, 3.63) is 18.6 Å². The first-order valence-corrected chi connectivity index (χ1v) is 9.64. The molecule has 1 aromatic heterocycles. The second kappa shape index (κ2) is 7.08. The molecule has 3 heterocycles. The summed E-state index contributed by atoms with van der Waals surface area (Å²) in [4.78, 5) is 26.3. The number of anilines is 1. The van der Waals surface area contributed by atoms with Crippen molar-refractivity contribution in [2.75, 3.05) is 24.5 Å². The fourth-order valence-electron chi connectivity index (χ4n) is 4.97. The number of carbonyl (C=O) groups excluding carboxylic acids is 1. The molecule has 5 nitrogen and oxygen atoms in total. The van der Waals surface area contributed by atoms with E-state index in [-0.39, 0.29) is 5.92 Å². The van der Waals surface area contributed by atoms with Crippen LogP contribution in [0.4, 0.5) is 5.82 Å². The summed E-state index contributed by atoms with van der Waals surface area (Å²) in [6, 6.07) is 0.520. The summed E-state index contributed by atoms with van der Waals surface area (Å²) in [6.45, 7) is 2.75. The molecule has 0 radical (unpaired) electrons. The summed E-state index contributed by atoms with van der Waals surface area (Å²) in [5, 5.41) is 0. The average Bonchev–Trinajstić information content (AvgIpc) is 3.33. The number of hydrogen-bond donors (Lipinski definition) is 0. The highest BCUT2D eigenvalue weighted by Gasteiger charge is 2.39. The minimum Gasteiger partial charge on any atom is -0.355 e. The van der Waals surface area contributed by atoms with Crippen LogP contribution in [-0.2, 0) is 4.79 Å². The largest absolute Gasteiger partial charge is 0.355 e. The predicted octanol–water partition coefficient (Wildman–Crippen LogP) is 2.87. The van der Waals surface area contributed by atoms with Crippen LogP contribution in [0.25, 0.3) is 0 Å². The van der Waals surface area contributed by atoms with E-state index in [2.05, 4.69) is 19.8 Å². The predicted molar refractivity (Wildman–Crippen MR) is 93.7 cm³/mol. The lowest BCUT2D eigenvalue weighted by Gasteiger charge is -2.37. The highest BCUT2D eigenvalue weighted by Crippen LogP contribution is 2.36. The average molecular weight is 328 g/mol. The smallest absolute Gasteiger partial charge is 0.227 e. The van der Waals surface area contributed by atoms with E-state index < -0.39 is 0 Å². The van der Waals surface area contributed by atoms with E-state index in [9.17, 15) is 4.79 Å². The topological polar surface area (TPSA) is 49.3 Å². The second-order valence-corrected chi connectivity index (χ2v) is 7.63. The third-order valence-corrected chi connectivity index (χ3v) is 6.17. The standard InChI is InChI=1S/C19H28N4O/c24-19(23-12-4-8-17(23)15-5-1-2-6-15)16-7-3-11-22(14-16)18-13-20-9-10-21-18/h9-10,13,15-17H,1-8,11-12,14H2/t16-,17-/m1/s1. The maximum atomic E-state index is 13.2. The van der Waals surface area contributed by atoms with E-state index >= 15 is 0 Å². The van der Waals surface area contributed by atoms with Gasteiger partial charge in [-0.25, -0.2) is 4.98 Å². The van der Waals surface area contributed by atoms with E-state index in [0.29, 0.717) is 11.9 Å². The highest BCUT2D eigenvalue weighted by atomic mass is 16.2. The Balaban J connectivity index is 1.43. The van der Waals surface area contributed by atoms with Crippen LogP contribution in [0.3, 0.4) is 0 Å². The van der Waals surface area contributed by atoms with Gasteiger partial charge >= 0.3 is 0 Å². The molecule has 1 amide bonds. The molecule has 130 valence electrons. The monoisotopic (exact) mass is 328 g/mol. The number of carbonyl (C=O) groups is 1. The van der Waals surface area contributed by atoms with Crippen molar-refractivity contribution < 1.29 is 4.79 Å². The molecule has 1 aromatic rings. The van der Waals surface area contributed by atoms with Crippen LogP contribution in [0.1, 0.15) is 51.4 Å². The molecule has 0 N–H and O–H groups in total. The van der Waals surface area contributed by atoms with E-state index in [4.69, 9.17) is 0 Å². The minimum atomic E-state index is 0.128. The van der Waals surface area contributed by atoms with Gasteiger partial charge in [0.05, 0.1) is 12.1 Å². The molecule has 4 rings (SSSR count). The number of rotatable bonds is 3. The first-order chi connectivity index (χ1) is 11.8. The lowest BCUT2D eigenvalue weighted by molar-refractivity contribution is -0.137. The van der Waals surface area contributed by atoms with Crippen molar-refractivity contribution in [3.8, 4) is 0 Å². The zero-order valence-corrected chi connectivity index (χ0v) is 14.4. The Kier molecular flexibility index (Phi) is 4.67. The van der Waals surface area contributed by atoms with Gasteiger partial charge in [0.2, 0.25) is 5.91 Å². The van der Waals surface area contributed by atoms with Crippen LogP contribution in [0.15, 0.2) is 18.6 Å². The lowest BCUT2D eigenvalue weighted by atomic mass is 9.92. The quantitative estimate of drug-likeness (QED) is 0.856. The van der Waals surface area contributed by atoms with E-state index in [1.807, 2.05) is 6.20 Å². The van der Waals surface area contributed by atoms with Crippen molar-refractivity contribution in [1.82, 2.24) is 14.9 Å². The van der Waals surface area contributed by atoms with Crippen LogP contribution in [0, 0.1) is 11.8 Å². The van der Waals surface area contributed by atoms with Gasteiger partial charge in [-0.05, 0) is 44.4 Å². The van der Waals surface area contributed by atoms with Crippen molar-refractivity contribution in [2.45, 2.75) is 57.4 Å². The molecule has 24 heavy (non-hydrogen) atoms. The zero-order valence-electron chi connectivity index (χ0n) is 14.4. The van der Waals surface area contributed by atoms with Crippen molar-refractivity contribution in [3.63, 3.8) is 0 Å². The van der Waals surface area contributed by atoms with Gasteiger partial charge in [0, 0.05) is 38.1 Å². The number of piperidine rings is 1. The molecular formula is C19H28N4O. The molecule has 1 aliphatic carbocycles. The zero-order chi connectivity index (χ0) is 16.4. The Hall–Kier alpha value is -1.65. The third-order valence-electron chi connectivity index (χ3n) is 6.17. The maximum absolute atomic E-state index is 13.2. The van der Waals surface area contributed by atoms with Crippen LogP contribution in [0.5, 0.6) is 0 Å². The summed E-state index contributed by atoms with van der Waals surface area (Å²) in [6.07, 6.45) is 15.1. The number of nitrogens with zero attached hydrogens (tertiary/aromatic N) is 4. The van der Waals surface area contributed by atoms with Crippen LogP contribution < -0.4 is 4.90 Å². The van der Waals surface area contributed by atoms with Crippen molar-refractivity contribution in [2.24, 2.45) is 11.8 Å². The Morgan fingerprint density at radius 3 is 2.62 bits per heavy atom. The molecule has 3 fully saturated rings. The summed E-state index contributed by atoms with van der Waals surface area (Å²) in [5.41, 5.74) is 0. The van der Waals surface area contributed by atoms with Crippen LogP contribution in [-0.4, -0.2) is 46.5 Å². The summed E-state index contributed by atoms with van der Waals surface area (Å²) >= 11 is 0. The van der Waals surface area contributed by atoms with Gasteiger partial charge in [0.1, 0.15) is 5.82 Å². The maximum Gasteiger partial charge on any atom is 0.227 e. The van der Waals surface area contributed by atoms with Gasteiger partial charge in [-0.3, -0.25) is 9.78 Å². The van der Waals surface area contributed by atoms with Gasteiger partial charge < -0.3 is 9.80 Å². The summed E-state index contributed by atoms with van der Waals surface area (Å²) in [7, 11) is 0. The fourth-order valence-corrected chi connectivity index (χ4v) is 4.97. The molecule has 0 unspecified atom stereocenters. The molecular weight excluding hydrogens is 300 g/mol. The SMILES string of the molecule is O=C([C@@H]1CCCN(c2cnccn2)C1)N1CCC[C@@H]1C1CCCC1. The molecule has 0 bridgehead atoms. The summed E-state index contributed by atoms with van der Waals surface area (Å²) < 4.78 is 0. The number of amides is 1. The first kappa shape index (κ1) is 15.9. The van der Waals surface area contributed by atoms with E-state index in [1.54, 1.807) is 12.4 Å². The van der Waals surface area contributed by atoms with Crippen LogP contribution in [0.2, 0.25) is 0 Å². The fraction of sp³-hybridized carbons (Fsp3) is 0.737. The van der Waals surface area contributed by atoms with Gasteiger partial charge in [-0.2, -0.15) is 0 Å². The Bertz CT molecular complexity index is 558. The number of aromatic nitrogens is 2. The molecule has 0 aromatic carbocycles. The first-order valence-electron chi connectivity index (χ1n) is 9.64. The Labute approximate surface area is 144 Å². The van der Waals surface area contributed by atoms with Crippen molar-refractivity contribution >= 4 is 11.7 Å². The van der Waals surface area contributed by atoms with Gasteiger partial charge in [0.25, 0.3) is 0 Å². The third kappa shape index (κ3) is 3.13. The number of hydrogen-bond acceptors (Lipinski definition) is 4. The highest BCUT2D eigenvalue weighted by molar-refractivity contribution is 5.80. The van der Waals surface area contributed by atoms with Crippen LogP contribution >= 0.6 is 0 Å². The van der Waals surface area contributed by atoms with E-state index in [0.717, 1.165) is 44.2 Å².